The SMILES string of the molecule is Brc1ccc(On2cc[nH]n(Oc3ccc(Br)c(Br)c3Br)n2Oc2ccc(Br)c(Br)c2Br)c(Br)c1Br. The first-order valence-corrected chi connectivity index (χ1v) is 16.5. The molecule has 0 saturated heterocycles. The fourth-order valence-electron chi connectivity index (χ4n) is 2.57. The number of hydrogen-bond acceptors (Lipinski definition) is 3. The van der Waals surface area contributed by atoms with Crippen molar-refractivity contribution >= 4 is 143 Å². The molecule has 7 nitrogen and oxygen atoms in total. The first-order valence-electron chi connectivity index (χ1n) is 9.35. The van der Waals surface area contributed by atoms with Gasteiger partial charge in [-0.3, -0.25) is 5.10 Å². The second-order valence-electron chi connectivity index (χ2n) is 6.57. The molecule has 0 bridgehead atoms. The van der Waals surface area contributed by atoms with E-state index in [4.69, 9.17) is 14.5 Å². The van der Waals surface area contributed by atoms with E-state index in [1.54, 1.807) is 30.6 Å². The van der Waals surface area contributed by atoms with Crippen LogP contribution in [0.2, 0.25) is 0 Å². The van der Waals surface area contributed by atoms with E-state index >= 15 is 0 Å². The summed E-state index contributed by atoms with van der Waals surface area (Å²) in [5.41, 5.74) is 0. The zero-order valence-corrected chi connectivity index (χ0v) is 31.4. The number of halogens is 9. The predicted octanol–water partition coefficient (Wildman–Crippen LogP) is 10.9. The number of hydrogen-bond donors (Lipinski definition) is 1. The van der Waals surface area contributed by atoms with Crippen LogP contribution in [0.1, 0.15) is 0 Å². The van der Waals surface area contributed by atoms with Crippen molar-refractivity contribution in [3.8, 4) is 17.2 Å². The molecule has 0 atom stereocenters. The smallest absolute Gasteiger partial charge is 0.175 e. The van der Waals surface area contributed by atoms with Gasteiger partial charge in [-0.1, -0.05) is 4.85 Å². The second-order valence-corrected chi connectivity index (χ2v) is 13.9. The minimum atomic E-state index is 0.469. The summed E-state index contributed by atoms with van der Waals surface area (Å²) in [6.07, 6.45) is 3.24. The Morgan fingerprint density at radius 2 is 0.917 bits per heavy atom. The van der Waals surface area contributed by atoms with Crippen molar-refractivity contribution in [3.05, 3.63) is 89.0 Å². The molecule has 0 spiro atoms. The highest BCUT2D eigenvalue weighted by molar-refractivity contribution is 9.15. The number of H-pyrrole nitrogens is 1. The lowest BCUT2D eigenvalue weighted by atomic mass is 10.3. The van der Waals surface area contributed by atoms with Gasteiger partial charge >= 0.3 is 0 Å². The van der Waals surface area contributed by atoms with Gasteiger partial charge in [0, 0.05) is 43.0 Å². The van der Waals surface area contributed by atoms with Crippen LogP contribution in [0.25, 0.3) is 0 Å². The Bertz CT molecular complexity index is 1410. The second kappa shape index (κ2) is 12.7. The Kier molecular flexibility index (Phi) is 10.3. The maximum Gasteiger partial charge on any atom is 0.175 e. The molecule has 0 fully saturated rings. The molecule has 16 heteroatoms. The van der Waals surface area contributed by atoms with Crippen LogP contribution in [0.3, 0.4) is 0 Å². The first-order chi connectivity index (χ1) is 17.1. The highest BCUT2D eigenvalue weighted by atomic mass is 79.9. The maximum absolute atomic E-state index is 6.23. The highest BCUT2D eigenvalue weighted by Gasteiger charge is 2.18. The third kappa shape index (κ3) is 6.37. The molecular weight excluding hydrogens is 1060 g/mol. The number of nitrogens with zero attached hydrogens (tertiary/aromatic N) is 3. The first kappa shape index (κ1) is 29.3. The van der Waals surface area contributed by atoms with Crippen LogP contribution in [-0.2, 0) is 0 Å². The highest BCUT2D eigenvalue weighted by Crippen LogP contribution is 2.40. The lowest BCUT2D eigenvalue weighted by molar-refractivity contribution is -0.101. The molecule has 1 aromatic heterocycles. The van der Waals surface area contributed by atoms with Crippen LogP contribution in [0.4, 0.5) is 0 Å². The van der Waals surface area contributed by atoms with Gasteiger partial charge in [0.25, 0.3) is 0 Å². The van der Waals surface area contributed by atoms with E-state index in [0.717, 1.165) is 26.8 Å². The summed E-state index contributed by atoms with van der Waals surface area (Å²) in [6.45, 7) is 0. The number of nitrogens with one attached hydrogen (secondary N) is 1. The predicted molar refractivity (Wildman–Crippen MR) is 169 cm³/mol. The molecule has 0 amide bonds. The van der Waals surface area contributed by atoms with Crippen molar-refractivity contribution in [3.63, 3.8) is 0 Å². The summed E-state index contributed by atoms with van der Waals surface area (Å²) >= 11 is 31.7. The van der Waals surface area contributed by atoms with Crippen LogP contribution in [0.15, 0.2) is 89.0 Å². The Labute approximate surface area is 280 Å². The average molecular weight is 1070 g/mol. The van der Waals surface area contributed by atoms with Crippen LogP contribution >= 0.6 is 143 Å². The number of aromatic amines is 1. The molecule has 0 aliphatic carbocycles. The molecule has 36 heavy (non-hydrogen) atoms. The normalized spacial score (nSPS) is 10.9. The lowest BCUT2D eigenvalue weighted by Gasteiger charge is -2.22. The van der Waals surface area contributed by atoms with Crippen molar-refractivity contribution in [2.75, 3.05) is 0 Å². The molecule has 190 valence electrons. The van der Waals surface area contributed by atoms with Gasteiger partial charge in [-0.05, 0) is 180 Å². The molecule has 0 aliphatic heterocycles. The van der Waals surface area contributed by atoms with E-state index < -0.39 is 0 Å². The molecule has 4 aromatic rings. The molecular formula is C20H9Br9N4O3. The Hall–Kier alpha value is 0.320. The van der Waals surface area contributed by atoms with Gasteiger partial charge in [-0.15, -0.1) is 0 Å². The third-order valence-corrected chi connectivity index (χ3v) is 14.3. The van der Waals surface area contributed by atoms with E-state index in [9.17, 15) is 0 Å². The fraction of sp³-hybridized carbons (Fsp3) is 0. The Morgan fingerprint density at radius 1 is 0.500 bits per heavy atom. The van der Waals surface area contributed by atoms with Crippen molar-refractivity contribution in [1.29, 1.82) is 0 Å². The zero-order valence-electron chi connectivity index (χ0n) is 17.1. The molecule has 0 radical (unpaired) electrons. The summed E-state index contributed by atoms with van der Waals surface area (Å²) in [7, 11) is 0. The summed E-state index contributed by atoms with van der Waals surface area (Å²) < 4.78 is 7.00. The number of rotatable bonds is 6. The van der Waals surface area contributed by atoms with Crippen molar-refractivity contribution in [1.82, 2.24) is 19.9 Å². The molecule has 1 N–H and O–H groups in total. The zero-order chi connectivity index (χ0) is 26.1. The molecule has 0 saturated carbocycles. The van der Waals surface area contributed by atoms with Crippen molar-refractivity contribution in [2.45, 2.75) is 0 Å². The molecule has 0 aliphatic rings. The van der Waals surface area contributed by atoms with E-state index in [2.05, 4.69) is 148 Å². The van der Waals surface area contributed by atoms with E-state index in [1.165, 1.54) is 14.8 Å². The fourth-order valence-corrected chi connectivity index (χ4v) is 6.60. The van der Waals surface area contributed by atoms with E-state index in [0.29, 0.717) is 30.7 Å². The minimum Gasteiger partial charge on any atom is -0.354 e. The molecule has 0 unspecified atom stereocenters. The Balaban J connectivity index is 1.84. The summed E-state index contributed by atoms with van der Waals surface area (Å²) in [5.74, 6) is 1.47. The van der Waals surface area contributed by atoms with Gasteiger partial charge in [-0.25, -0.2) is 0 Å². The number of aromatic nitrogens is 4. The minimum absolute atomic E-state index is 0.469. The van der Waals surface area contributed by atoms with Gasteiger partial charge < -0.3 is 14.5 Å². The lowest BCUT2D eigenvalue weighted by Crippen LogP contribution is -2.36. The monoisotopic (exact) mass is 1060 g/mol. The third-order valence-electron chi connectivity index (χ3n) is 4.27. The molecule has 4 rings (SSSR count). The summed E-state index contributed by atoms with van der Waals surface area (Å²) in [5, 5.41) is 2.99. The topological polar surface area (TPSA) is 58.3 Å². The quantitative estimate of drug-likeness (QED) is 0.196. The molecule has 1 heterocycles. The van der Waals surface area contributed by atoms with Gasteiger partial charge in [0.2, 0.25) is 0 Å². The Morgan fingerprint density at radius 3 is 1.39 bits per heavy atom. The van der Waals surface area contributed by atoms with Crippen LogP contribution < -0.4 is 14.5 Å². The average Bonchev–Trinajstić information content (AvgIpc) is 2.86. The van der Waals surface area contributed by atoms with Gasteiger partial charge in [0.15, 0.2) is 17.2 Å². The van der Waals surface area contributed by atoms with E-state index in [-0.39, 0.29) is 0 Å². The van der Waals surface area contributed by atoms with Crippen LogP contribution in [0.5, 0.6) is 17.2 Å². The maximum atomic E-state index is 6.23. The van der Waals surface area contributed by atoms with Crippen molar-refractivity contribution in [2.24, 2.45) is 0 Å². The largest absolute Gasteiger partial charge is 0.354 e. The number of benzene rings is 3. The van der Waals surface area contributed by atoms with E-state index in [1.807, 2.05) is 18.2 Å². The standard InChI is InChI=1S/C20H9Br9N4O3/c21-9-1-4-12(18(27)15(9)24)34-31-8-7-30-32(35-13-5-2-10(22)16(25)19(13)28)33(31)36-14-6-3-11(23)17(26)20(14)29/h1-8,30H. The molecule has 3 aromatic carbocycles. The summed E-state index contributed by atoms with van der Waals surface area (Å²) in [4.78, 5) is 22.4. The summed E-state index contributed by atoms with van der Waals surface area (Å²) in [6, 6.07) is 10.9. The van der Waals surface area contributed by atoms with Crippen LogP contribution in [-0.4, -0.2) is 19.9 Å². The van der Waals surface area contributed by atoms with Gasteiger partial charge in [0.05, 0.1) is 19.6 Å². The van der Waals surface area contributed by atoms with Gasteiger partial charge in [-0.2, -0.15) is 0 Å². The van der Waals surface area contributed by atoms with Crippen LogP contribution in [0, 0.1) is 0 Å². The van der Waals surface area contributed by atoms with Gasteiger partial charge in [0.1, 0.15) is 0 Å². The van der Waals surface area contributed by atoms with Crippen molar-refractivity contribution < 1.29 is 14.5 Å².